The molecule has 8 heteroatoms. The van der Waals surface area contributed by atoms with Crippen LogP contribution in [0, 0.1) is 0 Å². The van der Waals surface area contributed by atoms with Crippen molar-refractivity contribution in [1.82, 2.24) is 9.80 Å². The quantitative estimate of drug-likeness (QED) is 0.891. The van der Waals surface area contributed by atoms with Gasteiger partial charge in [-0.05, 0) is 24.3 Å². The van der Waals surface area contributed by atoms with E-state index in [-0.39, 0.29) is 54.7 Å². The van der Waals surface area contributed by atoms with Crippen molar-refractivity contribution in [3.8, 4) is 11.5 Å². The maximum Gasteiger partial charge on any atom is 0.387 e. The van der Waals surface area contributed by atoms with Crippen LogP contribution in [0.4, 0.5) is 8.78 Å². The number of halogens is 2. The van der Waals surface area contributed by atoms with Crippen LogP contribution in [-0.2, 0) is 0 Å². The molecule has 0 aliphatic carbocycles. The first-order valence-corrected chi connectivity index (χ1v) is 8.37. The van der Waals surface area contributed by atoms with Gasteiger partial charge in [-0.3, -0.25) is 9.59 Å². The van der Waals surface area contributed by atoms with Crippen LogP contribution in [0.1, 0.15) is 20.7 Å². The molecule has 2 amide bonds. The van der Waals surface area contributed by atoms with Gasteiger partial charge in [0.1, 0.15) is 11.5 Å². The monoisotopic (exact) mass is 376 g/mol. The van der Waals surface area contributed by atoms with E-state index in [0.29, 0.717) is 0 Å². The molecule has 0 spiro atoms. The fourth-order valence-electron chi connectivity index (χ4n) is 2.95. The molecule has 1 aliphatic rings. The molecule has 0 saturated carbocycles. The summed E-state index contributed by atoms with van der Waals surface area (Å²) in [5.74, 6) is -1.02. The summed E-state index contributed by atoms with van der Waals surface area (Å²) in [4.78, 5) is 28.2. The highest BCUT2D eigenvalue weighted by atomic mass is 19.3. The number of phenols is 1. The number of para-hydroxylation sites is 2. The first-order chi connectivity index (χ1) is 13.0. The van der Waals surface area contributed by atoms with Crippen molar-refractivity contribution in [2.75, 3.05) is 26.2 Å². The number of ether oxygens (including phenoxy) is 1. The normalized spacial score (nSPS) is 14.3. The van der Waals surface area contributed by atoms with E-state index in [1.807, 2.05) is 0 Å². The Labute approximate surface area is 154 Å². The molecule has 1 aliphatic heterocycles. The van der Waals surface area contributed by atoms with E-state index in [4.69, 9.17) is 0 Å². The molecule has 0 aromatic heterocycles. The van der Waals surface area contributed by atoms with Crippen LogP contribution in [0.25, 0.3) is 0 Å². The number of phenolic OH excluding ortho intramolecular Hbond substituents is 1. The van der Waals surface area contributed by atoms with Gasteiger partial charge >= 0.3 is 6.61 Å². The van der Waals surface area contributed by atoms with Gasteiger partial charge in [-0.2, -0.15) is 8.78 Å². The van der Waals surface area contributed by atoms with E-state index in [1.54, 1.807) is 23.1 Å². The van der Waals surface area contributed by atoms with Crippen molar-refractivity contribution < 1.29 is 28.2 Å². The lowest BCUT2D eigenvalue weighted by Crippen LogP contribution is -2.50. The summed E-state index contributed by atoms with van der Waals surface area (Å²) in [7, 11) is 0. The van der Waals surface area contributed by atoms with E-state index >= 15 is 0 Å². The average molecular weight is 376 g/mol. The first-order valence-electron chi connectivity index (χ1n) is 8.37. The molecular formula is C19H18F2N2O4. The lowest BCUT2D eigenvalue weighted by atomic mass is 10.1. The van der Waals surface area contributed by atoms with Crippen LogP contribution in [0.3, 0.4) is 0 Å². The van der Waals surface area contributed by atoms with Crippen molar-refractivity contribution in [3.05, 3.63) is 59.7 Å². The molecule has 0 bridgehead atoms. The number of carbonyl (C=O) groups is 2. The van der Waals surface area contributed by atoms with Crippen LogP contribution in [-0.4, -0.2) is 59.5 Å². The Bertz CT molecular complexity index is 836. The molecule has 0 atom stereocenters. The van der Waals surface area contributed by atoms with Crippen molar-refractivity contribution >= 4 is 11.8 Å². The molecule has 2 aromatic rings. The predicted molar refractivity (Wildman–Crippen MR) is 93.0 cm³/mol. The van der Waals surface area contributed by atoms with Crippen LogP contribution in [0.2, 0.25) is 0 Å². The molecular weight excluding hydrogens is 358 g/mol. The number of amides is 2. The maximum atomic E-state index is 12.7. The van der Waals surface area contributed by atoms with E-state index < -0.39 is 12.5 Å². The molecule has 1 saturated heterocycles. The van der Waals surface area contributed by atoms with Gasteiger partial charge in [0, 0.05) is 26.2 Å². The number of piperazine rings is 1. The molecule has 0 radical (unpaired) electrons. The largest absolute Gasteiger partial charge is 0.507 e. The highest BCUT2D eigenvalue weighted by Crippen LogP contribution is 2.23. The number of rotatable bonds is 4. The van der Waals surface area contributed by atoms with Gasteiger partial charge in [-0.1, -0.05) is 24.3 Å². The summed E-state index contributed by atoms with van der Waals surface area (Å²) in [6.07, 6.45) is 0. The number of aromatic hydroxyl groups is 1. The smallest absolute Gasteiger partial charge is 0.387 e. The molecule has 3 rings (SSSR count). The third-order valence-corrected chi connectivity index (χ3v) is 4.32. The Morgan fingerprint density at radius 2 is 1.33 bits per heavy atom. The minimum absolute atomic E-state index is 0.0540. The third-order valence-electron chi connectivity index (χ3n) is 4.32. The maximum absolute atomic E-state index is 12.7. The Morgan fingerprint density at radius 3 is 1.89 bits per heavy atom. The summed E-state index contributed by atoms with van der Waals surface area (Å²) >= 11 is 0. The second kappa shape index (κ2) is 8.03. The standard InChI is InChI=1S/C19H18F2N2O4/c20-19(21)27-16-8-4-2-6-14(16)18(26)23-11-9-22(10-12-23)17(25)13-5-1-3-7-15(13)24/h1-8,19,24H,9-12H2. The number of benzene rings is 2. The highest BCUT2D eigenvalue weighted by molar-refractivity contribution is 5.98. The molecule has 27 heavy (non-hydrogen) atoms. The molecule has 2 aromatic carbocycles. The number of hydrogen-bond acceptors (Lipinski definition) is 4. The Balaban J connectivity index is 1.67. The zero-order valence-electron chi connectivity index (χ0n) is 14.3. The molecule has 142 valence electrons. The van der Waals surface area contributed by atoms with Gasteiger partial charge in [0.25, 0.3) is 11.8 Å². The van der Waals surface area contributed by atoms with Gasteiger partial charge in [-0.25, -0.2) is 0 Å². The molecule has 6 nitrogen and oxygen atoms in total. The zero-order chi connectivity index (χ0) is 19.4. The minimum atomic E-state index is -3.02. The van der Waals surface area contributed by atoms with Crippen LogP contribution in [0.15, 0.2) is 48.5 Å². The SMILES string of the molecule is O=C(c1ccccc1O)N1CCN(C(=O)c2ccccc2OC(F)F)CC1. The van der Waals surface area contributed by atoms with E-state index in [2.05, 4.69) is 4.74 Å². The molecule has 1 N–H and O–H groups in total. The van der Waals surface area contributed by atoms with Crippen LogP contribution < -0.4 is 4.74 Å². The molecule has 0 unspecified atom stereocenters. The van der Waals surface area contributed by atoms with E-state index in [0.717, 1.165) is 0 Å². The Morgan fingerprint density at radius 1 is 0.852 bits per heavy atom. The summed E-state index contributed by atoms with van der Waals surface area (Å²) < 4.78 is 29.5. The average Bonchev–Trinajstić information content (AvgIpc) is 2.67. The second-order valence-corrected chi connectivity index (χ2v) is 5.98. The van der Waals surface area contributed by atoms with Gasteiger partial charge in [0.2, 0.25) is 0 Å². The van der Waals surface area contributed by atoms with E-state index in [9.17, 15) is 23.5 Å². The number of carbonyl (C=O) groups excluding carboxylic acids is 2. The molecule has 1 heterocycles. The summed E-state index contributed by atoms with van der Waals surface area (Å²) in [6.45, 7) is -1.97. The number of nitrogens with zero attached hydrogens (tertiary/aromatic N) is 2. The lowest BCUT2D eigenvalue weighted by Gasteiger charge is -2.35. The Hall–Kier alpha value is -3.16. The van der Waals surface area contributed by atoms with E-state index in [1.165, 1.54) is 35.2 Å². The van der Waals surface area contributed by atoms with Crippen molar-refractivity contribution in [2.45, 2.75) is 6.61 Å². The summed E-state index contributed by atoms with van der Waals surface area (Å²) in [5.41, 5.74) is 0.256. The fourth-order valence-corrected chi connectivity index (χ4v) is 2.95. The lowest BCUT2D eigenvalue weighted by molar-refractivity contribution is -0.0503. The zero-order valence-corrected chi connectivity index (χ0v) is 14.3. The van der Waals surface area contributed by atoms with Crippen molar-refractivity contribution in [2.24, 2.45) is 0 Å². The summed E-state index contributed by atoms with van der Waals surface area (Å²) in [6, 6.07) is 12.1. The third kappa shape index (κ3) is 4.16. The van der Waals surface area contributed by atoms with Crippen molar-refractivity contribution in [3.63, 3.8) is 0 Å². The Kier molecular flexibility index (Phi) is 5.54. The fraction of sp³-hybridized carbons (Fsp3) is 0.263. The molecule has 1 fully saturated rings. The van der Waals surface area contributed by atoms with Gasteiger partial charge in [0.15, 0.2) is 0 Å². The van der Waals surface area contributed by atoms with Crippen LogP contribution in [0.5, 0.6) is 11.5 Å². The van der Waals surface area contributed by atoms with Gasteiger partial charge < -0.3 is 19.6 Å². The minimum Gasteiger partial charge on any atom is -0.507 e. The highest BCUT2D eigenvalue weighted by Gasteiger charge is 2.28. The first kappa shape index (κ1) is 18.6. The number of hydrogen-bond donors (Lipinski definition) is 1. The predicted octanol–water partition coefficient (Wildman–Crippen LogP) is 2.59. The second-order valence-electron chi connectivity index (χ2n) is 5.98. The summed E-state index contributed by atoms with van der Waals surface area (Å²) in [5, 5.41) is 9.82. The van der Waals surface area contributed by atoms with Gasteiger partial charge in [-0.15, -0.1) is 0 Å². The topological polar surface area (TPSA) is 70.1 Å². The van der Waals surface area contributed by atoms with Crippen molar-refractivity contribution in [1.29, 1.82) is 0 Å². The van der Waals surface area contributed by atoms with Gasteiger partial charge in [0.05, 0.1) is 11.1 Å². The number of alkyl halides is 2. The van der Waals surface area contributed by atoms with Crippen LogP contribution >= 0.6 is 0 Å².